The quantitative estimate of drug-likeness (QED) is 0.839. The molecule has 9 heteroatoms. The lowest BCUT2D eigenvalue weighted by Gasteiger charge is -2.31. The van der Waals surface area contributed by atoms with Crippen molar-refractivity contribution in [2.24, 2.45) is 0 Å². The Balaban J connectivity index is 1.49. The molecule has 1 saturated heterocycles. The van der Waals surface area contributed by atoms with Crippen molar-refractivity contribution in [3.05, 3.63) is 24.3 Å². The Bertz CT molecular complexity index is 610. The first kappa shape index (κ1) is 14.6. The summed E-state index contributed by atoms with van der Waals surface area (Å²) in [6.07, 6.45) is 4.12. The van der Waals surface area contributed by atoms with Crippen LogP contribution in [0.5, 0.6) is 0 Å². The Kier molecular flexibility index (Phi) is 4.42. The van der Waals surface area contributed by atoms with Gasteiger partial charge in [-0.05, 0) is 13.3 Å². The van der Waals surface area contributed by atoms with Crippen molar-refractivity contribution in [1.29, 1.82) is 0 Å². The highest BCUT2D eigenvalue weighted by Gasteiger charge is 2.27. The number of carbonyl (C=O) groups is 1. The zero-order chi connectivity index (χ0) is 15.4. The summed E-state index contributed by atoms with van der Waals surface area (Å²) in [5.41, 5.74) is 0. The van der Waals surface area contributed by atoms with Gasteiger partial charge in [0.05, 0.1) is 13.2 Å². The average Bonchev–Trinajstić information content (AvgIpc) is 3.19. The van der Waals surface area contributed by atoms with Crippen molar-refractivity contribution in [3.63, 3.8) is 0 Å². The normalized spacial score (nSPS) is 18.6. The van der Waals surface area contributed by atoms with Crippen LogP contribution in [0.3, 0.4) is 0 Å². The summed E-state index contributed by atoms with van der Waals surface area (Å²) in [6, 6.07) is 0. The molecule has 0 spiro atoms. The van der Waals surface area contributed by atoms with E-state index < -0.39 is 0 Å². The Morgan fingerprint density at radius 3 is 3.18 bits per heavy atom. The summed E-state index contributed by atoms with van der Waals surface area (Å²) in [4.78, 5) is 22.3. The van der Waals surface area contributed by atoms with E-state index in [1.54, 1.807) is 11.0 Å². The Hall–Kier alpha value is -2.29. The van der Waals surface area contributed by atoms with Gasteiger partial charge < -0.3 is 9.64 Å². The molecule has 1 amide bonds. The number of ether oxygens (including phenoxy) is 1. The molecule has 118 valence electrons. The maximum absolute atomic E-state index is 12.3. The second-order valence-electron chi connectivity index (χ2n) is 5.24. The molecule has 1 aliphatic heterocycles. The number of carbonyl (C=O) groups excluding carboxylic acids is 1. The number of amides is 1. The number of aryl methyl sites for hydroxylation is 2. The molecule has 0 saturated carbocycles. The van der Waals surface area contributed by atoms with Gasteiger partial charge in [0.1, 0.15) is 24.6 Å². The predicted octanol–water partition coefficient (Wildman–Crippen LogP) is 0.0849. The first-order valence-corrected chi connectivity index (χ1v) is 7.33. The largest absolute Gasteiger partial charge is 0.366 e. The van der Waals surface area contributed by atoms with E-state index >= 15 is 0 Å². The molecule has 0 radical (unpaired) electrons. The molecule has 0 bridgehead atoms. The maximum Gasteiger partial charge on any atom is 0.222 e. The van der Waals surface area contributed by atoms with Crippen molar-refractivity contribution in [2.45, 2.75) is 32.4 Å². The minimum Gasteiger partial charge on any atom is -0.366 e. The summed E-state index contributed by atoms with van der Waals surface area (Å²) in [5, 5.41) is 10.9. The number of morpholine rings is 1. The van der Waals surface area contributed by atoms with E-state index in [1.807, 2.05) is 11.8 Å². The van der Waals surface area contributed by atoms with E-state index in [0.29, 0.717) is 38.5 Å². The van der Waals surface area contributed by atoms with Gasteiger partial charge in [0.15, 0.2) is 5.82 Å². The Morgan fingerprint density at radius 2 is 2.45 bits per heavy atom. The van der Waals surface area contributed by atoms with E-state index in [9.17, 15) is 4.79 Å². The van der Waals surface area contributed by atoms with Gasteiger partial charge in [0.2, 0.25) is 5.91 Å². The average molecular weight is 305 g/mol. The third-order valence-electron chi connectivity index (χ3n) is 3.57. The fourth-order valence-electron chi connectivity index (χ4n) is 2.43. The van der Waals surface area contributed by atoms with Crippen LogP contribution < -0.4 is 0 Å². The molecule has 9 nitrogen and oxygen atoms in total. The van der Waals surface area contributed by atoms with Crippen LogP contribution in [0, 0.1) is 6.92 Å². The number of aromatic amines is 1. The highest BCUT2D eigenvalue weighted by Crippen LogP contribution is 2.19. The number of nitrogens with zero attached hydrogens (tertiary/aromatic N) is 6. The number of nitrogens with one attached hydrogen (secondary N) is 1. The maximum atomic E-state index is 12.3. The van der Waals surface area contributed by atoms with Crippen LogP contribution in [0.2, 0.25) is 0 Å². The van der Waals surface area contributed by atoms with E-state index in [-0.39, 0.29) is 12.0 Å². The highest BCUT2D eigenvalue weighted by molar-refractivity contribution is 5.76. The van der Waals surface area contributed by atoms with Crippen LogP contribution in [0.4, 0.5) is 0 Å². The summed E-state index contributed by atoms with van der Waals surface area (Å²) >= 11 is 0. The fourth-order valence-corrected chi connectivity index (χ4v) is 2.43. The van der Waals surface area contributed by atoms with Crippen LogP contribution in [0.1, 0.15) is 30.6 Å². The topological polar surface area (TPSA) is 102 Å². The molecule has 1 aliphatic rings. The monoisotopic (exact) mass is 305 g/mol. The Morgan fingerprint density at radius 1 is 1.55 bits per heavy atom. The summed E-state index contributed by atoms with van der Waals surface area (Å²) in [7, 11) is 0. The molecule has 3 heterocycles. The zero-order valence-electron chi connectivity index (χ0n) is 12.5. The zero-order valence-corrected chi connectivity index (χ0v) is 12.5. The number of hydrogen-bond donors (Lipinski definition) is 1. The molecule has 0 unspecified atom stereocenters. The molecular weight excluding hydrogens is 286 g/mol. The Labute approximate surface area is 127 Å². The second-order valence-corrected chi connectivity index (χ2v) is 5.24. The third kappa shape index (κ3) is 3.48. The van der Waals surface area contributed by atoms with Crippen LogP contribution >= 0.6 is 0 Å². The SMILES string of the molecule is Cc1nc([C@H]2CN(C(=O)CCCn3cncn3)CCO2)n[nH]1. The van der Waals surface area contributed by atoms with Crippen molar-refractivity contribution in [3.8, 4) is 0 Å². The fraction of sp³-hybridized carbons (Fsp3) is 0.615. The van der Waals surface area contributed by atoms with Gasteiger partial charge in [-0.25, -0.2) is 9.97 Å². The van der Waals surface area contributed by atoms with Gasteiger partial charge in [0, 0.05) is 19.5 Å². The van der Waals surface area contributed by atoms with Gasteiger partial charge in [-0.15, -0.1) is 0 Å². The predicted molar refractivity (Wildman–Crippen MR) is 75.6 cm³/mol. The number of hydrogen-bond acceptors (Lipinski definition) is 6. The first-order valence-electron chi connectivity index (χ1n) is 7.33. The van der Waals surface area contributed by atoms with E-state index in [1.165, 1.54) is 6.33 Å². The molecule has 3 rings (SSSR count). The van der Waals surface area contributed by atoms with Crippen LogP contribution in [0.25, 0.3) is 0 Å². The van der Waals surface area contributed by atoms with E-state index in [4.69, 9.17) is 4.74 Å². The van der Waals surface area contributed by atoms with Crippen LogP contribution in [-0.2, 0) is 16.1 Å². The van der Waals surface area contributed by atoms with Crippen molar-refractivity contribution in [2.75, 3.05) is 19.7 Å². The van der Waals surface area contributed by atoms with E-state index in [2.05, 4.69) is 25.3 Å². The van der Waals surface area contributed by atoms with Crippen LogP contribution in [0.15, 0.2) is 12.7 Å². The highest BCUT2D eigenvalue weighted by atomic mass is 16.5. The molecule has 2 aromatic rings. The van der Waals surface area contributed by atoms with Gasteiger partial charge >= 0.3 is 0 Å². The molecule has 0 aromatic carbocycles. The van der Waals surface area contributed by atoms with Crippen molar-refractivity contribution >= 4 is 5.91 Å². The summed E-state index contributed by atoms with van der Waals surface area (Å²) in [5.74, 6) is 1.48. The minimum atomic E-state index is -0.252. The lowest BCUT2D eigenvalue weighted by Crippen LogP contribution is -2.42. The number of aromatic nitrogens is 6. The van der Waals surface area contributed by atoms with Crippen molar-refractivity contribution < 1.29 is 9.53 Å². The third-order valence-corrected chi connectivity index (χ3v) is 3.57. The standard InChI is InChI=1S/C13H19N7O2/c1-10-16-13(18-17-10)11-7-19(5-6-22-11)12(21)3-2-4-20-9-14-8-15-20/h8-9,11H,2-7H2,1H3,(H,16,17,18)/t11-/m1/s1. The van der Waals surface area contributed by atoms with Crippen molar-refractivity contribution in [1.82, 2.24) is 34.8 Å². The molecule has 2 aromatic heterocycles. The molecule has 0 aliphatic carbocycles. The van der Waals surface area contributed by atoms with Gasteiger partial charge in [-0.3, -0.25) is 14.6 Å². The molecular formula is C13H19N7O2. The van der Waals surface area contributed by atoms with Gasteiger partial charge in [-0.2, -0.15) is 10.2 Å². The molecule has 22 heavy (non-hydrogen) atoms. The molecule has 1 atom stereocenters. The minimum absolute atomic E-state index is 0.126. The summed E-state index contributed by atoms with van der Waals surface area (Å²) in [6.45, 7) is 4.15. The molecule has 1 fully saturated rings. The first-order chi connectivity index (χ1) is 10.7. The van der Waals surface area contributed by atoms with Gasteiger partial charge in [0.25, 0.3) is 0 Å². The smallest absolute Gasteiger partial charge is 0.222 e. The van der Waals surface area contributed by atoms with Crippen LogP contribution in [-0.4, -0.2) is 60.4 Å². The lowest BCUT2D eigenvalue weighted by molar-refractivity contribution is -0.139. The number of rotatable bonds is 5. The second kappa shape index (κ2) is 6.65. The lowest BCUT2D eigenvalue weighted by atomic mass is 10.2. The summed E-state index contributed by atoms with van der Waals surface area (Å²) < 4.78 is 7.39. The number of H-pyrrole nitrogens is 1. The van der Waals surface area contributed by atoms with Gasteiger partial charge in [-0.1, -0.05) is 0 Å². The van der Waals surface area contributed by atoms with E-state index in [0.717, 1.165) is 12.2 Å². The molecule has 1 N–H and O–H groups in total.